The summed E-state index contributed by atoms with van der Waals surface area (Å²) in [6, 6.07) is 0. The highest BCUT2D eigenvalue weighted by atomic mass is 31.2. The fraction of sp³-hybridized carbons (Fsp3) is 0.500. The largest absolute Gasteiger partial charge is 0.367 e. The SMILES string of the molecule is Cc1c[nH]c(=O)n(CCOCP(=O)(O)O)c1=O. The number of hydrogen-bond donors (Lipinski definition) is 3. The monoisotopic (exact) mass is 264 g/mol. The van der Waals surface area contributed by atoms with Gasteiger partial charge in [-0.15, -0.1) is 0 Å². The molecular weight excluding hydrogens is 251 g/mol. The summed E-state index contributed by atoms with van der Waals surface area (Å²) in [7, 11) is -4.22. The van der Waals surface area contributed by atoms with Crippen LogP contribution in [0.4, 0.5) is 0 Å². The number of aryl methyl sites for hydroxylation is 1. The van der Waals surface area contributed by atoms with Gasteiger partial charge in [-0.25, -0.2) is 4.79 Å². The molecule has 1 aromatic heterocycles. The first-order valence-electron chi connectivity index (χ1n) is 4.73. The summed E-state index contributed by atoms with van der Waals surface area (Å²) in [4.78, 5) is 42.2. The van der Waals surface area contributed by atoms with E-state index in [1.54, 1.807) is 6.92 Å². The van der Waals surface area contributed by atoms with Crippen molar-refractivity contribution >= 4 is 7.60 Å². The lowest BCUT2D eigenvalue weighted by Crippen LogP contribution is -2.37. The quantitative estimate of drug-likeness (QED) is 0.463. The second-order valence-electron chi connectivity index (χ2n) is 3.44. The fourth-order valence-electron chi connectivity index (χ4n) is 1.16. The van der Waals surface area contributed by atoms with E-state index in [0.717, 1.165) is 4.57 Å². The van der Waals surface area contributed by atoms with Crippen LogP contribution in [0.1, 0.15) is 5.56 Å². The van der Waals surface area contributed by atoms with Gasteiger partial charge in [0.2, 0.25) is 0 Å². The Hall–Kier alpha value is -1.21. The van der Waals surface area contributed by atoms with Gasteiger partial charge in [0.05, 0.1) is 13.2 Å². The minimum atomic E-state index is -4.22. The summed E-state index contributed by atoms with van der Waals surface area (Å²) in [5.41, 5.74) is -0.659. The zero-order valence-corrected chi connectivity index (χ0v) is 10.0. The summed E-state index contributed by atoms with van der Waals surface area (Å²) in [6.45, 7) is 1.36. The Labute approximate surface area is 96.0 Å². The zero-order valence-electron chi connectivity index (χ0n) is 9.12. The van der Waals surface area contributed by atoms with Gasteiger partial charge in [-0.05, 0) is 6.92 Å². The third kappa shape index (κ3) is 4.27. The van der Waals surface area contributed by atoms with Crippen molar-refractivity contribution in [1.82, 2.24) is 9.55 Å². The number of aromatic nitrogens is 2. The van der Waals surface area contributed by atoms with E-state index in [9.17, 15) is 14.2 Å². The van der Waals surface area contributed by atoms with Gasteiger partial charge in [0, 0.05) is 11.8 Å². The molecule has 0 atom stereocenters. The molecule has 0 aliphatic heterocycles. The van der Waals surface area contributed by atoms with Crippen LogP contribution in [-0.4, -0.2) is 32.3 Å². The molecule has 17 heavy (non-hydrogen) atoms. The van der Waals surface area contributed by atoms with Crippen molar-refractivity contribution in [2.24, 2.45) is 0 Å². The van der Waals surface area contributed by atoms with Gasteiger partial charge in [0.1, 0.15) is 6.35 Å². The topological polar surface area (TPSA) is 122 Å². The molecule has 0 spiro atoms. The molecule has 0 saturated carbocycles. The van der Waals surface area contributed by atoms with Crippen molar-refractivity contribution in [3.63, 3.8) is 0 Å². The van der Waals surface area contributed by atoms with Gasteiger partial charge in [0.25, 0.3) is 5.56 Å². The van der Waals surface area contributed by atoms with E-state index in [-0.39, 0.29) is 13.2 Å². The van der Waals surface area contributed by atoms with Crippen molar-refractivity contribution in [3.8, 4) is 0 Å². The van der Waals surface area contributed by atoms with Crippen LogP contribution in [0.2, 0.25) is 0 Å². The standard InChI is InChI=1S/C8H13N2O6P/c1-6-4-9-8(12)10(7(6)11)2-3-16-5-17(13,14)15/h4H,2-3,5H2,1H3,(H,9,12)(H2,13,14,15). The molecule has 9 heteroatoms. The molecule has 0 radical (unpaired) electrons. The Bertz CT molecular complexity index is 542. The lowest BCUT2D eigenvalue weighted by molar-refractivity contribution is 0.147. The maximum Gasteiger partial charge on any atom is 0.350 e. The second-order valence-corrected chi connectivity index (χ2v) is 5.02. The van der Waals surface area contributed by atoms with Crippen LogP contribution in [0.25, 0.3) is 0 Å². The Morgan fingerprint density at radius 1 is 1.47 bits per heavy atom. The van der Waals surface area contributed by atoms with Crippen LogP contribution >= 0.6 is 7.60 Å². The van der Waals surface area contributed by atoms with Crippen LogP contribution in [0.15, 0.2) is 15.8 Å². The molecule has 1 heterocycles. The highest BCUT2D eigenvalue weighted by molar-refractivity contribution is 7.51. The number of nitrogens with zero attached hydrogens (tertiary/aromatic N) is 1. The molecule has 0 unspecified atom stereocenters. The molecule has 0 fully saturated rings. The number of ether oxygens (including phenoxy) is 1. The molecule has 0 aliphatic rings. The number of nitrogens with one attached hydrogen (secondary N) is 1. The summed E-state index contributed by atoms with van der Waals surface area (Å²) in [6.07, 6.45) is 0.573. The first-order valence-corrected chi connectivity index (χ1v) is 6.52. The molecule has 3 N–H and O–H groups in total. The molecule has 1 rings (SSSR count). The molecule has 0 aromatic carbocycles. The van der Waals surface area contributed by atoms with Gasteiger partial charge in [-0.1, -0.05) is 0 Å². The van der Waals surface area contributed by atoms with E-state index in [1.165, 1.54) is 6.20 Å². The zero-order chi connectivity index (χ0) is 13.1. The molecule has 0 bridgehead atoms. The minimum Gasteiger partial charge on any atom is -0.367 e. The maximum absolute atomic E-state index is 11.5. The van der Waals surface area contributed by atoms with E-state index in [1.807, 2.05) is 0 Å². The van der Waals surface area contributed by atoms with Crippen molar-refractivity contribution in [2.45, 2.75) is 13.5 Å². The second kappa shape index (κ2) is 5.42. The van der Waals surface area contributed by atoms with Crippen molar-refractivity contribution in [3.05, 3.63) is 32.6 Å². The molecule has 1 aromatic rings. The summed E-state index contributed by atoms with van der Waals surface area (Å²) in [5, 5.41) is 0. The van der Waals surface area contributed by atoms with Crippen molar-refractivity contribution in [1.29, 1.82) is 0 Å². The van der Waals surface area contributed by atoms with E-state index in [0.29, 0.717) is 5.56 Å². The normalized spacial score (nSPS) is 11.7. The van der Waals surface area contributed by atoms with E-state index < -0.39 is 25.2 Å². The van der Waals surface area contributed by atoms with Crippen LogP contribution < -0.4 is 11.2 Å². The molecule has 96 valence electrons. The van der Waals surface area contributed by atoms with Crippen LogP contribution in [-0.2, 0) is 15.8 Å². The first-order chi connectivity index (χ1) is 7.81. The average Bonchev–Trinajstić information content (AvgIpc) is 2.21. The van der Waals surface area contributed by atoms with E-state index in [2.05, 4.69) is 9.72 Å². The maximum atomic E-state index is 11.5. The predicted molar refractivity (Wildman–Crippen MR) is 58.9 cm³/mol. The summed E-state index contributed by atoms with van der Waals surface area (Å²) in [5.74, 6) is 0. The minimum absolute atomic E-state index is 0.0597. The summed E-state index contributed by atoms with van der Waals surface area (Å²) >= 11 is 0. The summed E-state index contributed by atoms with van der Waals surface area (Å²) < 4.78 is 16.1. The third-order valence-corrected chi connectivity index (χ3v) is 2.48. The Kier molecular flexibility index (Phi) is 4.41. The highest BCUT2D eigenvalue weighted by Gasteiger charge is 2.12. The van der Waals surface area contributed by atoms with Gasteiger partial charge in [-0.2, -0.15) is 0 Å². The number of H-pyrrole nitrogens is 1. The fourth-order valence-corrected chi connectivity index (χ4v) is 1.52. The smallest absolute Gasteiger partial charge is 0.350 e. The van der Waals surface area contributed by atoms with Crippen molar-refractivity contribution in [2.75, 3.05) is 13.0 Å². The van der Waals surface area contributed by atoms with Crippen LogP contribution in [0.5, 0.6) is 0 Å². The lowest BCUT2D eigenvalue weighted by Gasteiger charge is -2.07. The lowest BCUT2D eigenvalue weighted by atomic mass is 10.4. The van der Waals surface area contributed by atoms with Gasteiger partial charge < -0.3 is 19.5 Å². The molecular formula is C8H13N2O6P. The number of hydrogen-bond acceptors (Lipinski definition) is 4. The van der Waals surface area contributed by atoms with E-state index >= 15 is 0 Å². The van der Waals surface area contributed by atoms with Crippen LogP contribution in [0.3, 0.4) is 0 Å². The van der Waals surface area contributed by atoms with Gasteiger partial charge in [0.15, 0.2) is 0 Å². The Morgan fingerprint density at radius 2 is 2.12 bits per heavy atom. The Morgan fingerprint density at radius 3 is 2.71 bits per heavy atom. The third-order valence-electron chi connectivity index (χ3n) is 1.96. The number of aromatic amines is 1. The van der Waals surface area contributed by atoms with Crippen LogP contribution in [0, 0.1) is 6.92 Å². The molecule has 0 aliphatic carbocycles. The van der Waals surface area contributed by atoms with Gasteiger partial charge >= 0.3 is 13.3 Å². The van der Waals surface area contributed by atoms with E-state index in [4.69, 9.17) is 9.79 Å². The molecule has 0 amide bonds. The highest BCUT2D eigenvalue weighted by Crippen LogP contribution is 2.33. The number of rotatable bonds is 5. The first kappa shape index (κ1) is 13.9. The predicted octanol–water partition coefficient (Wildman–Crippen LogP) is -1.00. The molecule has 8 nitrogen and oxygen atoms in total. The van der Waals surface area contributed by atoms with Gasteiger partial charge in [-0.3, -0.25) is 13.9 Å². The Balaban J connectivity index is 2.65. The average molecular weight is 264 g/mol. The van der Waals surface area contributed by atoms with Crippen molar-refractivity contribution < 1.29 is 19.1 Å². The molecule has 0 saturated heterocycles.